The van der Waals surface area contributed by atoms with Gasteiger partial charge >= 0.3 is 5.97 Å². The predicted octanol–water partition coefficient (Wildman–Crippen LogP) is 3.39. The highest BCUT2D eigenvalue weighted by molar-refractivity contribution is 7.14. The van der Waals surface area contributed by atoms with Crippen LogP contribution < -0.4 is 5.32 Å². The second-order valence-electron chi connectivity index (χ2n) is 5.63. The smallest absolute Gasteiger partial charge is 0.326 e. The summed E-state index contributed by atoms with van der Waals surface area (Å²) in [5.41, 5.74) is 1.28. The number of amides is 1. The molecule has 0 radical (unpaired) electrons. The van der Waals surface area contributed by atoms with Gasteiger partial charge in [-0.2, -0.15) is 0 Å². The average molecular weight is 309 g/mol. The monoisotopic (exact) mass is 309 g/mol. The second kappa shape index (κ2) is 7.59. The molecule has 1 aromatic rings. The zero-order valence-electron chi connectivity index (χ0n) is 12.5. The Morgan fingerprint density at radius 1 is 1.29 bits per heavy atom. The molecule has 1 unspecified atom stereocenters. The van der Waals surface area contributed by atoms with Crippen molar-refractivity contribution in [1.82, 2.24) is 5.32 Å². The Bertz CT molecular complexity index is 484. The van der Waals surface area contributed by atoms with Crippen molar-refractivity contribution in [2.75, 3.05) is 0 Å². The lowest BCUT2D eigenvalue weighted by atomic mass is 10.00. The lowest BCUT2D eigenvalue weighted by Crippen LogP contribution is -2.40. The van der Waals surface area contributed by atoms with Gasteiger partial charge in [-0.15, -0.1) is 11.3 Å². The van der Waals surface area contributed by atoms with E-state index in [0.717, 1.165) is 19.3 Å². The van der Waals surface area contributed by atoms with Crippen molar-refractivity contribution in [3.63, 3.8) is 0 Å². The summed E-state index contributed by atoms with van der Waals surface area (Å²) in [6, 6.07) is 1.18. The molecule has 21 heavy (non-hydrogen) atoms. The molecule has 2 N–H and O–H groups in total. The number of hydrogen-bond donors (Lipinski definition) is 2. The molecule has 1 aliphatic carbocycles. The van der Waals surface area contributed by atoms with E-state index in [9.17, 15) is 9.59 Å². The van der Waals surface area contributed by atoms with Gasteiger partial charge in [-0.05, 0) is 43.7 Å². The number of hydrogen-bond acceptors (Lipinski definition) is 3. The molecule has 1 amide bonds. The maximum Gasteiger partial charge on any atom is 0.326 e. The first-order valence-corrected chi connectivity index (χ1v) is 8.58. The molecular formula is C16H23NO3S. The molecule has 0 fully saturated rings. The fourth-order valence-electron chi connectivity index (χ4n) is 2.73. The highest BCUT2D eigenvalue weighted by Crippen LogP contribution is 2.28. The van der Waals surface area contributed by atoms with E-state index in [1.807, 2.05) is 13.0 Å². The van der Waals surface area contributed by atoms with Gasteiger partial charge in [0, 0.05) is 4.88 Å². The lowest BCUT2D eigenvalue weighted by molar-refractivity contribution is -0.139. The molecule has 0 bridgehead atoms. The summed E-state index contributed by atoms with van der Waals surface area (Å²) in [5.74, 6) is -1.20. The van der Waals surface area contributed by atoms with E-state index >= 15 is 0 Å². The van der Waals surface area contributed by atoms with Gasteiger partial charge in [-0.3, -0.25) is 4.79 Å². The van der Waals surface area contributed by atoms with E-state index in [1.54, 1.807) is 0 Å². The molecule has 0 saturated heterocycles. The summed E-state index contributed by atoms with van der Waals surface area (Å²) < 4.78 is 0. The van der Waals surface area contributed by atoms with E-state index in [0.29, 0.717) is 11.3 Å². The van der Waals surface area contributed by atoms with Crippen LogP contribution in [0, 0.1) is 0 Å². The molecule has 2 rings (SSSR count). The molecule has 1 heterocycles. The van der Waals surface area contributed by atoms with Crippen LogP contribution in [-0.2, 0) is 17.6 Å². The maximum atomic E-state index is 12.3. The van der Waals surface area contributed by atoms with Crippen molar-refractivity contribution in [3.05, 3.63) is 21.4 Å². The topological polar surface area (TPSA) is 66.4 Å². The normalized spacial score (nSPS) is 16.4. The maximum absolute atomic E-state index is 12.3. The summed E-state index contributed by atoms with van der Waals surface area (Å²) >= 11 is 1.53. The van der Waals surface area contributed by atoms with Crippen LogP contribution in [0.1, 0.15) is 65.6 Å². The standard InChI is InChI=1S/C16H23NO3S/c1-2-7-12(16(19)20)17-15(18)14-10-11-8-5-3-4-6-9-13(11)21-14/h10,12H,2-9H2,1H3,(H,17,18)(H,19,20). The Balaban J connectivity index is 2.08. The second-order valence-corrected chi connectivity index (χ2v) is 6.76. The molecule has 116 valence electrons. The average Bonchev–Trinajstić information content (AvgIpc) is 2.80. The van der Waals surface area contributed by atoms with E-state index in [4.69, 9.17) is 5.11 Å². The van der Waals surface area contributed by atoms with E-state index in [2.05, 4.69) is 5.32 Å². The van der Waals surface area contributed by atoms with Crippen LogP contribution in [0.5, 0.6) is 0 Å². The zero-order valence-corrected chi connectivity index (χ0v) is 13.3. The van der Waals surface area contributed by atoms with Crippen molar-refractivity contribution in [3.8, 4) is 0 Å². The van der Waals surface area contributed by atoms with Crippen molar-refractivity contribution in [2.24, 2.45) is 0 Å². The van der Waals surface area contributed by atoms with Crippen LogP contribution in [-0.4, -0.2) is 23.0 Å². The number of thiophene rings is 1. The summed E-state index contributed by atoms with van der Waals surface area (Å²) in [5, 5.41) is 11.8. The van der Waals surface area contributed by atoms with Crippen LogP contribution in [0.15, 0.2) is 6.07 Å². The Kier molecular flexibility index (Phi) is 5.79. The minimum absolute atomic E-state index is 0.243. The molecule has 1 aliphatic rings. The number of carboxylic acids is 1. The Morgan fingerprint density at radius 3 is 2.67 bits per heavy atom. The third-order valence-electron chi connectivity index (χ3n) is 3.90. The number of carbonyl (C=O) groups excluding carboxylic acids is 1. The number of carboxylic acid groups (broad SMARTS) is 1. The van der Waals surface area contributed by atoms with Gasteiger partial charge in [-0.25, -0.2) is 4.79 Å². The summed E-state index contributed by atoms with van der Waals surface area (Å²) in [7, 11) is 0. The number of aryl methyl sites for hydroxylation is 2. The SMILES string of the molecule is CCCC(NC(=O)c1cc2c(s1)CCCCCC2)C(=O)O. The molecule has 1 aromatic heterocycles. The van der Waals surface area contributed by atoms with Crippen molar-refractivity contribution >= 4 is 23.2 Å². The number of fused-ring (bicyclic) bond motifs is 1. The Labute approximate surface area is 129 Å². The summed E-state index contributed by atoms with van der Waals surface area (Å²) in [6.45, 7) is 1.92. The first-order valence-electron chi connectivity index (χ1n) is 7.77. The van der Waals surface area contributed by atoms with Gasteiger partial charge < -0.3 is 10.4 Å². The fraction of sp³-hybridized carbons (Fsp3) is 0.625. The number of aliphatic carboxylic acids is 1. The third kappa shape index (κ3) is 4.30. The van der Waals surface area contributed by atoms with Crippen LogP contribution in [0.3, 0.4) is 0 Å². The van der Waals surface area contributed by atoms with Crippen molar-refractivity contribution in [2.45, 2.75) is 64.3 Å². The predicted molar refractivity (Wildman–Crippen MR) is 84.0 cm³/mol. The van der Waals surface area contributed by atoms with Crippen molar-refractivity contribution < 1.29 is 14.7 Å². The van der Waals surface area contributed by atoms with Gasteiger partial charge in [0.15, 0.2) is 0 Å². The molecule has 4 nitrogen and oxygen atoms in total. The van der Waals surface area contributed by atoms with Gasteiger partial charge in [0.2, 0.25) is 0 Å². The van der Waals surface area contributed by atoms with E-state index < -0.39 is 12.0 Å². The lowest BCUT2D eigenvalue weighted by Gasteiger charge is -2.12. The molecule has 5 heteroatoms. The number of rotatable bonds is 5. The van der Waals surface area contributed by atoms with E-state index in [1.165, 1.54) is 47.5 Å². The van der Waals surface area contributed by atoms with Gasteiger partial charge in [-0.1, -0.05) is 26.2 Å². The number of nitrogens with one attached hydrogen (secondary N) is 1. The molecule has 0 saturated carbocycles. The molecule has 0 aromatic carbocycles. The molecule has 1 atom stereocenters. The van der Waals surface area contributed by atoms with Crippen LogP contribution in [0.4, 0.5) is 0 Å². The van der Waals surface area contributed by atoms with E-state index in [-0.39, 0.29) is 5.91 Å². The fourth-order valence-corrected chi connectivity index (χ4v) is 3.89. The van der Waals surface area contributed by atoms with Gasteiger partial charge in [0.25, 0.3) is 5.91 Å². The Hall–Kier alpha value is -1.36. The third-order valence-corrected chi connectivity index (χ3v) is 5.14. The Morgan fingerprint density at radius 2 is 2.00 bits per heavy atom. The molecular weight excluding hydrogens is 286 g/mol. The first kappa shape index (κ1) is 16.0. The van der Waals surface area contributed by atoms with Gasteiger partial charge in [0.05, 0.1) is 4.88 Å². The minimum atomic E-state index is -0.958. The molecule has 0 aliphatic heterocycles. The highest BCUT2D eigenvalue weighted by atomic mass is 32.1. The summed E-state index contributed by atoms with van der Waals surface area (Å²) in [6.07, 6.45) is 8.16. The molecule has 0 spiro atoms. The zero-order chi connectivity index (χ0) is 15.2. The number of carbonyl (C=O) groups is 2. The van der Waals surface area contributed by atoms with Crippen LogP contribution in [0.2, 0.25) is 0 Å². The highest BCUT2D eigenvalue weighted by Gasteiger charge is 2.22. The largest absolute Gasteiger partial charge is 0.480 e. The quantitative estimate of drug-likeness (QED) is 0.876. The first-order chi connectivity index (χ1) is 10.1. The van der Waals surface area contributed by atoms with Gasteiger partial charge in [0.1, 0.15) is 6.04 Å². The van der Waals surface area contributed by atoms with Crippen molar-refractivity contribution in [1.29, 1.82) is 0 Å². The van der Waals surface area contributed by atoms with Crippen LogP contribution >= 0.6 is 11.3 Å². The minimum Gasteiger partial charge on any atom is -0.480 e. The summed E-state index contributed by atoms with van der Waals surface area (Å²) in [4.78, 5) is 25.4. The van der Waals surface area contributed by atoms with Crippen LogP contribution in [0.25, 0.3) is 0 Å².